The summed E-state index contributed by atoms with van der Waals surface area (Å²) in [6, 6.07) is 7.75. The zero-order valence-corrected chi connectivity index (χ0v) is 18.3. The van der Waals surface area contributed by atoms with Crippen molar-refractivity contribution in [3.63, 3.8) is 0 Å². The van der Waals surface area contributed by atoms with Crippen molar-refractivity contribution in [3.8, 4) is 11.5 Å². The van der Waals surface area contributed by atoms with Crippen LogP contribution < -0.4 is 9.47 Å². The molecule has 2 aliphatic heterocycles. The quantitative estimate of drug-likeness (QED) is 0.547. The number of aliphatic hydroxyl groups is 4. The van der Waals surface area contributed by atoms with Crippen molar-refractivity contribution in [1.82, 2.24) is 0 Å². The third-order valence-electron chi connectivity index (χ3n) is 6.64. The number of fused-ring (bicyclic) bond motifs is 2. The molecule has 0 radical (unpaired) electrons. The molecule has 0 aromatic heterocycles. The van der Waals surface area contributed by atoms with Gasteiger partial charge in [-0.1, -0.05) is 23.7 Å². The van der Waals surface area contributed by atoms with E-state index in [0.29, 0.717) is 30.4 Å². The Morgan fingerprint density at radius 1 is 0.906 bits per heavy atom. The highest BCUT2D eigenvalue weighted by Gasteiger charge is 2.45. The predicted octanol–water partition coefficient (Wildman–Crippen LogP) is 1.71. The first-order valence-corrected chi connectivity index (χ1v) is 11.4. The van der Waals surface area contributed by atoms with Gasteiger partial charge in [0.15, 0.2) is 11.5 Å². The third kappa shape index (κ3) is 3.77. The lowest BCUT2D eigenvalue weighted by Gasteiger charge is -2.41. The van der Waals surface area contributed by atoms with E-state index in [4.69, 9.17) is 25.8 Å². The van der Waals surface area contributed by atoms with E-state index in [1.54, 1.807) is 0 Å². The second-order valence-corrected chi connectivity index (χ2v) is 9.03. The van der Waals surface area contributed by atoms with E-state index in [1.807, 2.05) is 24.3 Å². The molecule has 0 spiro atoms. The first-order chi connectivity index (χ1) is 15.5. The van der Waals surface area contributed by atoms with Crippen LogP contribution in [0.4, 0.5) is 0 Å². The topological polar surface area (TPSA) is 109 Å². The van der Waals surface area contributed by atoms with E-state index < -0.39 is 37.1 Å². The summed E-state index contributed by atoms with van der Waals surface area (Å²) < 4.78 is 17.2. The summed E-state index contributed by atoms with van der Waals surface area (Å²) in [5, 5.41) is 41.5. The lowest BCUT2D eigenvalue weighted by molar-refractivity contribution is -0.231. The van der Waals surface area contributed by atoms with E-state index in [0.717, 1.165) is 52.8 Å². The van der Waals surface area contributed by atoms with Crippen LogP contribution in [-0.4, -0.2) is 64.7 Å². The smallest absolute Gasteiger partial charge is 0.161 e. The van der Waals surface area contributed by atoms with Gasteiger partial charge >= 0.3 is 0 Å². The van der Waals surface area contributed by atoms with Crippen LogP contribution in [0.5, 0.6) is 11.5 Å². The molecular formula is C24H27ClO7. The van der Waals surface area contributed by atoms with Crippen molar-refractivity contribution in [1.29, 1.82) is 0 Å². The Morgan fingerprint density at radius 3 is 2.44 bits per heavy atom. The second-order valence-electron chi connectivity index (χ2n) is 8.65. The first kappa shape index (κ1) is 21.9. The van der Waals surface area contributed by atoms with Crippen LogP contribution in [0.25, 0.3) is 0 Å². The Bertz CT molecular complexity index is 1010. The molecule has 2 aromatic rings. The minimum atomic E-state index is -1.42. The molecule has 3 aliphatic rings. The molecule has 8 heteroatoms. The van der Waals surface area contributed by atoms with Gasteiger partial charge in [0.2, 0.25) is 0 Å². The molecule has 2 aromatic carbocycles. The van der Waals surface area contributed by atoms with E-state index in [1.165, 1.54) is 0 Å². The normalized spacial score (nSPS) is 29.1. The zero-order valence-electron chi connectivity index (χ0n) is 17.5. The third-order valence-corrected chi connectivity index (χ3v) is 7.11. The van der Waals surface area contributed by atoms with Crippen molar-refractivity contribution in [2.45, 2.75) is 56.2 Å². The Morgan fingerprint density at radius 2 is 1.66 bits per heavy atom. The Kier molecular flexibility index (Phi) is 6.05. The van der Waals surface area contributed by atoms with Crippen LogP contribution in [0.1, 0.15) is 40.3 Å². The summed E-state index contributed by atoms with van der Waals surface area (Å²) in [4.78, 5) is 0. The molecule has 7 nitrogen and oxygen atoms in total. The molecule has 0 unspecified atom stereocenters. The van der Waals surface area contributed by atoms with Crippen LogP contribution in [0.15, 0.2) is 24.3 Å². The molecule has 5 atom stereocenters. The highest BCUT2D eigenvalue weighted by atomic mass is 35.5. The zero-order chi connectivity index (χ0) is 22.4. The average molecular weight is 463 g/mol. The summed E-state index contributed by atoms with van der Waals surface area (Å²) >= 11 is 6.81. The van der Waals surface area contributed by atoms with Crippen LogP contribution >= 0.6 is 11.6 Å². The van der Waals surface area contributed by atoms with Gasteiger partial charge in [-0.2, -0.15) is 0 Å². The van der Waals surface area contributed by atoms with Crippen molar-refractivity contribution >= 4 is 11.6 Å². The Labute approximate surface area is 191 Å². The molecule has 1 aliphatic carbocycles. The van der Waals surface area contributed by atoms with E-state index in [9.17, 15) is 20.4 Å². The van der Waals surface area contributed by atoms with Crippen LogP contribution in [-0.2, 0) is 24.0 Å². The van der Waals surface area contributed by atoms with Gasteiger partial charge in [0.25, 0.3) is 0 Å². The maximum Gasteiger partial charge on any atom is 0.161 e. The van der Waals surface area contributed by atoms with Gasteiger partial charge in [0, 0.05) is 5.02 Å². The SMILES string of the molecule is OC[C@H]1O[C@@H](c2cc(Cc3ccc4c(c3)OCCO4)c(Cl)c3c2CCC3)[C@H](O)[C@@H](O)[C@@H]1O. The van der Waals surface area contributed by atoms with Gasteiger partial charge in [-0.05, 0) is 65.6 Å². The minimum Gasteiger partial charge on any atom is -0.486 e. The average Bonchev–Trinajstić information content (AvgIpc) is 3.30. The summed E-state index contributed by atoms with van der Waals surface area (Å²) in [7, 11) is 0. The monoisotopic (exact) mass is 462 g/mol. The second kappa shape index (κ2) is 8.82. The summed E-state index contributed by atoms with van der Waals surface area (Å²) in [5.41, 5.74) is 4.70. The summed E-state index contributed by atoms with van der Waals surface area (Å²) in [5.74, 6) is 1.43. The number of benzene rings is 2. The van der Waals surface area contributed by atoms with Crippen molar-refractivity contribution in [2.75, 3.05) is 19.8 Å². The van der Waals surface area contributed by atoms with E-state index in [-0.39, 0.29) is 0 Å². The minimum absolute atomic E-state index is 0.457. The number of hydrogen-bond donors (Lipinski definition) is 4. The fourth-order valence-electron chi connectivity index (χ4n) is 5.00. The van der Waals surface area contributed by atoms with Gasteiger partial charge in [0.05, 0.1) is 6.61 Å². The van der Waals surface area contributed by atoms with Crippen molar-refractivity contribution < 1.29 is 34.6 Å². The number of hydrogen-bond acceptors (Lipinski definition) is 7. The van der Waals surface area contributed by atoms with Crippen LogP contribution in [0, 0.1) is 0 Å². The highest BCUT2D eigenvalue weighted by molar-refractivity contribution is 6.32. The van der Waals surface area contributed by atoms with E-state index >= 15 is 0 Å². The molecular weight excluding hydrogens is 436 g/mol. The molecule has 1 fully saturated rings. The molecule has 0 bridgehead atoms. The van der Waals surface area contributed by atoms with Gasteiger partial charge in [0.1, 0.15) is 43.7 Å². The van der Waals surface area contributed by atoms with Gasteiger partial charge < -0.3 is 34.6 Å². The first-order valence-electron chi connectivity index (χ1n) is 11.0. The summed E-state index contributed by atoms with van der Waals surface area (Å²) in [6.07, 6.45) is -2.83. The van der Waals surface area contributed by atoms with Gasteiger partial charge in [-0.3, -0.25) is 0 Å². The standard InChI is InChI=1S/C24H27ClO7/c25-20-13(8-12-4-5-17-18(9-12)31-7-6-30-17)10-16(14-2-1-3-15(14)20)24-23(29)22(28)21(27)19(11-26)32-24/h4-5,9-10,19,21-24,26-29H,1-3,6-8,11H2/t19-,21-,22+,23-,24+/m1/s1. The predicted molar refractivity (Wildman–Crippen MR) is 116 cm³/mol. The Hall–Kier alpha value is -1.87. The fraction of sp³-hybridized carbons (Fsp3) is 0.500. The largest absolute Gasteiger partial charge is 0.486 e. The molecule has 1 saturated heterocycles. The molecule has 172 valence electrons. The molecule has 2 heterocycles. The van der Waals surface area contributed by atoms with Gasteiger partial charge in [-0.25, -0.2) is 0 Å². The number of rotatable bonds is 4. The molecule has 0 amide bonds. The van der Waals surface area contributed by atoms with Gasteiger partial charge in [-0.15, -0.1) is 0 Å². The maximum absolute atomic E-state index is 10.7. The number of ether oxygens (including phenoxy) is 3. The lowest BCUT2D eigenvalue weighted by Crippen LogP contribution is -2.55. The Balaban J connectivity index is 1.52. The molecule has 5 rings (SSSR count). The maximum atomic E-state index is 10.7. The summed E-state index contributed by atoms with van der Waals surface area (Å²) in [6.45, 7) is 0.587. The van der Waals surface area contributed by atoms with Crippen LogP contribution in [0.3, 0.4) is 0 Å². The molecule has 0 saturated carbocycles. The lowest BCUT2D eigenvalue weighted by atomic mass is 9.86. The number of halogens is 1. The van der Waals surface area contributed by atoms with Crippen LogP contribution in [0.2, 0.25) is 5.02 Å². The molecule has 4 N–H and O–H groups in total. The number of aliphatic hydroxyl groups excluding tert-OH is 4. The fourth-order valence-corrected chi connectivity index (χ4v) is 5.33. The van der Waals surface area contributed by atoms with Crippen molar-refractivity contribution in [2.24, 2.45) is 0 Å². The van der Waals surface area contributed by atoms with Crippen molar-refractivity contribution in [3.05, 3.63) is 57.1 Å². The highest BCUT2D eigenvalue weighted by Crippen LogP contribution is 2.42. The molecule has 32 heavy (non-hydrogen) atoms. The van der Waals surface area contributed by atoms with E-state index in [2.05, 4.69) is 0 Å².